The number of amides is 1. The number of nitrogens with one attached hydrogen (secondary N) is 1. The van der Waals surface area contributed by atoms with Crippen molar-refractivity contribution < 1.29 is 42.9 Å². The number of unbranched alkanes of at least 4 members (excludes halogenated alkanes) is 3. The van der Waals surface area contributed by atoms with Crippen LogP contribution in [0.1, 0.15) is 73.6 Å². The molecule has 0 spiro atoms. The Morgan fingerprint density at radius 1 is 0.848 bits per heavy atom. The molecule has 0 unspecified atom stereocenters. The highest BCUT2D eigenvalue weighted by Crippen LogP contribution is 2.28. The van der Waals surface area contributed by atoms with Gasteiger partial charge in [-0.2, -0.15) is 0 Å². The lowest BCUT2D eigenvalue weighted by Gasteiger charge is -2.44. The lowest BCUT2D eigenvalue weighted by atomic mass is 9.96. The number of hydrogen-bond acceptors (Lipinski definition) is 9. The lowest BCUT2D eigenvalue weighted by molar-refractivity contribution is -0.277. The average molecular weight is 474 g/mol. The number of ether oxygens (including phenoxy) is 5. The fraction of sp³-hybridized carbons (Fsp3) is 0.826. The van der Waals surface area contributed by atoms with Crippen LogP contribution in [0.15, 0.2) is 0 Å². The highest BCUT2D eigenvalue weighted by molar-refractivity contribution is 5.73. The van der Waals surface area contributed by atoms with E-state index in [1.54, 1.807) is 0 Å². The Kier molecular flexibility index (Phi) is 13.0. The van der Waals surface area contributed by atoms with Gasteiger partial charge in [0.2, 0.25) is 5.91 Å². The summed E-state index contributed by atoms with van der Waals surface area (Å²) < 4.78 is 27.7. The molecule has 1 aliphatic heterocycles. The number of rotatable bonds is 13. The molecule has 10 heteroatoms. The fourth-order valence-electron chi connectivity index (χ4n) is 3.64. The van der Waals surface area contributed by atoms with Crippen LogP contribution in [-0.4, -0.2) is 67.7 Å². The van der Waals surface area contributed by atoms with Crippen molar-refractivity contribution >= 4 is 23.8 Å². The van der Waals surface area contributed by atoms with Crippen LogP contribution in [0.25, 0.3) is 0 Å². The topological polar surface area (TPSA) is 126 Å². The molecular formula is C23H39NO9. The van der Waals surface area contributed by atoms with Crippen molar-refractivity contribution in [2.45, 2.75) is 104 Å². The summed E-state index contributed by atoms with van der Waals surface area (Å²) in [5.41, 5.74) is 0. The molecule has 190 valence electrons. The van der Waals surface area contributed by atoms with E-state index >= 15 is 0 Å². The van der Waals surface area contributed by atoms with Gasteiger partial charge in [0.15, 0.2) is 18.5 Å². The van der Waals surface area contributed by atoms with E-state index in [0.29, 0.717) is 12.5 Å². The van der Waals surface area contributed by atoms with E-state index in [4.69, 9.17) is 23.7 Å². The van der Waals surface area contributed by atoms with E-state index in [2.05, 4.69) is 19.2 Å². The number of esters is 3. The third-order valence-corrected chi connectivity index (χ3v) is 5.03. The molecule has 1 heterocycles. The van der Waals surface area contributed by atoms with Crippen LogP contribution in [0.4, 0.5) is 0 Å². The molecule has 10 nitrogen and oxygen atoms in total. The first-order valence-corrected chi connectivity index (χ1v) is 11.5. The number of carbonyl (C=O) groups excluding carboxylic acids is 4. The van der Waals surface area contributed by atoms with E-state index in [1.807, 2.05) is 0 Å². The van der Waals surface area contributed by atoms with Gasteiger partial charge in [0.05, 0.1) is 0 Å². The molecule has 33 heavy (non-hydrogen) atoms. The Balaban J connectivity index is 2.97. The molecule has 1 N–H and O–H groups in total. The minimum atomic E-state index is -1.11. The molecule has 0 radical (unpaired) electrons. The van der Waals surface area contributed by atoms with E-state index in [9.17, 15) is 19.2 Å². The van der Waals surface area contributed by atoms with Gasteiger partial charge in [0.25, 0.3) is 0 Å². The van der Waals surface area contributed by atoms with Crippen LogP contribution >= 0.6 is 0 Å². The summed E-state index contributed by atoms with van der Waals surface area (Å²) in [6.45, 7) is 9.45. The van der Waals surface area contributed by atoms with Crippen molar-refractivity contribution in [2.75, 3.05) is 13.2 Å². The predicted octanol–water partition coefficient (Wildman–Crippen LogP) is 2.27. The Morgan fingerprint density at radius 2 is 1.45 bits per heavy atom. The minimum Gasteiger partial charge on any atom is -0.463 e. The first-order valence-electron chi connectivity index (χ1n) is 11.5. The largest absolute Gasteiger partial charge is 0.463 e. The van der Waals surface area contributed by atoms with E-state index < -0.39 is 54.5 Å². The monoisotopic (exact) mass is 473 g/mol. The van der Waals surface area contributed by atoms with Crippen molar-refractivity contribution in [3.63, 3.8) is 0 Å². The van der Waals surface area contributed by atoms with Gasteiger partial charge < -0.3 is 29.0 Å². The second-order valence-electron chi connectivity index (χ2n) is 8.69. The van der Waals surface area contributed by atoms with Crippen LogP contribution in [0, 0.1) is 5.92 Å². The molecule has 1 saturated heterocycles. The molecule has 1 rings (SSSR count). The molecule has 0 bridgehead atoms. The quantitative estimate of drug-likeness (QED) is 0.243. The van der Waals surface area contributed by atoms with Crippen molar-refractivity contribution in [3.8, 4) is 0 Å². The highest BCUT2D eigenvalue weighted by Gasteiger charge is 2.51. The maximum absolute atomic E-state index is 11.9. The zero-order chi connectivity index (χ0) is 25.0. The molecule has 0 aromatic rings. The third-order valence-electron chi connectivity index (χ3n) is 5.03. The minimum absolute atomic E-state index is 0.243. The zero-order valence-corrected chi connectivity index (χ0v) is 20.6. The summed E-state index contributed by atoms with van der Waals surface area (Å²) in [4.78, 5) is 46.8. The Labute approximate surface area is 196 Å². The molecule has 0 aromatic carbocycles. The molecule has 1 amide bonds. The van der Waals surface area contributed by atoms with Gasteiger partial charge in [-0.05, 0) is 12.3 Å². The fourth-order valence-corrected chi connectivity index (χ4v) is 3.64. The predicted molar refractivity (Wildman–Crippen MR) is 118 cm³/mol. The van der Waals surface area contributed by atoms with E-state index in [-0.39, 0.29) is 6.61 Å². The van der Waals surface area contributed by atoms with Crippen molar-refractivity contribution in [1.82, 2.24) is 5.32 Å². The van der Waals surface area contributed by atoms with Crippen LogP contribution in [0.5, 0.6) is 0 Å². The second kappa shape index (κ2) is 14.8. The standard InChI is InChI=1S/C23H39NO9/c1-14(2)11-9-7-8-10-12-29-23-20(24-15(3)25)22(32-18(6)28)21(31-17(5)27)19(33-23)13-30-16(4)26/h14,19-23H,7-13H2,1-6H3,(H,24,25)/t19-,20-,21+,22-,23-/m1/s1. The van der Waals surface area contributed by atoms with Crippen molar-refractivity contribution in [1.29, 1.82) is 0 Å². The Morgan fingerprint density at radius 3 is 2.00 bits per heavy atom. The Hall–Kier alpha value is -2.20. The van der Waals surface area contributed by atoms with Crippen LogP contribution < -0.4 is 5.32 Å². The third kappa shape index (κ3) is 11.5. The first kappa shape index (κ1) is 28.8. The van der Waals surface area contributed by atoms with Gasteiger partial charge >= 0.3 is 17.9 Å². The SMILES string of the molecule is CC(=O)N[C@H]1[C@H](OCCCCCCC(C)C)O[C@H](COC(C)=O)[C@H](OC(C)=O)[C@@H]1OC(C)=O. The number of hydrogen-bond donors (Lipinski definition) is 1. The summed E-state index contributed by atoms with van der Waals surface area (Å²) in [5, 5.41) is 2.68. The maximum Gasteiger partial charge on any atom is 0.303 e. The van der Waals surface area contributed by atoms with E-state index in [1.165, 1.54) is 34.1 Å². The van der Waals surface area contributed by atoms with Gasteiger partial charge in [0.1, 0.15) is 18.8 Å². The van der Waals surface area contributed by atoms with E-state index in [0.717, 1.165) is 25.7 Å². The summed E-state index contributed by atoms with van der Waals surface area (Å²) in [6.07, 6.45) is 1.01. The first-order chi connectivity index (χ1) is 15.5. The van der Waals surface area contributed by atoms with Gasteiger partial charge in [-0.1, -0.05) is 39.5 Å². The van der Waals surface area contributed by atoms with Gasteiger partial charge in [-0.3, -0.25) is 19.2 Å². The van der Waals surface area contributed by atoms with Gasteiger partial charge in [-0.25, -0.2) is 0 Å². The normalized spacial score (nSPS) is 24.8. The molecule has 0 aromatic heterocycles. The van der Waals surface area contributed by atoms with Crippen LogP contribution in [-0.2, 0) is 42.9 Å². The summed E-state index contributed by atoms with van der Waals surface area (Å²) >= 11 is 0. The van der Waals surface area contributed by atoms with Gasteiger partial charge in [-0.15, -0.1) is 0 Å². The average Bonchev–Trinajstić information content (AvgIpc) is 2.68. The molecule has 5 atom stereocenters. The number of carbonyl (C=O) groups is 4. The molecule has 1 aliphatic rings. The maximum atomic E-state index is 11.9. The molecule has 1 fully saturated rings. The smallest absolute Gasteiger partial charge is 0.303 e. The zero-order valence-electron chi connectivity index (χ0n) is 20.6. The van der Waals surface area contributed by atoms with Gasteiger partial charge in [0, 0.05) is 34.3 Å². The highest BCUT2D eigenvalue weighted by atomic mass is 16.7. The van der Waals surface area contributed by atoms with Crippen molar-refractivity contribution in [2.24, 2.45) is 5.92 Å². The molecule has 0 saturated carbocycles. The summed E-state index contributed by atoms with van der Waals surface area (Å²) in [6, 6.07) is -0.926. The summed E-state index contributed by atoms with van der Waals surface area (Å²) in [5.74, 6) is -1.55. The molecule has 0 aliphatic carbocycles. The Bertz CT molecular complexity index is 652. The van der Waals surface area contributed by atoms with Crippen molar-refractivity contribution in [3.05, 3.63) is 0 Å². The molecular weight excluding hydrogens is 434 g/mol. The lowest BCUT2D eigenvalue weighted by Crippen LogP contribution is -2.66. The van der Waals surface area contributed by atoms with Crippen LogP contribution in [0.3, 0.4) is 0 Å². The second-order valence-corrected chi connectivity index (χ2v) is 8.69. The summed E-state index contributed by atoms with van der Waals surface area (Å²) in [7, 11) is 0. The van der Waals surface area contributed by atoms with Crippen LogP contribution in [0.2, 0.25) is 0 Å².